The van der Waals surface area contributed by atoms with Gasteiger partial charge in [-0.05, 0) is 23.8 Å². The minimum atomic E-state index is -0.479. The van der Waals surface area contributed by atoms with E-state index in [9.17, 15) is 4.79 Å². The highest BCUT2D eigenvalue weighted by atomic mass is 35.5. The molecule has 0 fully saturated rings. The number of benzene rings is 1. The second-order valence-electron chi connectivity index (χ2n) is 4.57. The Labute approximate surface area is 128 Å². The van der Waals surface area contributed by atoms with Crippen LogP contribution in [0.25, 0.3) is 0 Å². The topological polar surface area (TPSA) is 68.5 Å². The van der Waals surface area contributed by atoms with Gasteiger partial charge in [0, 0.05) is 24.8 Å². The molecule has 21 heavy (non-hydrogen) atoms. The summed E-state index contributed by atoms with van der Waals surface area (Å²) in [4.78, 5) is 17.7. The summed E-state index contributed by atoms with van der Waals surface area (Å²) in [6, 6.07) is 9.07. The second kappa shape index (κ2) is 6.45. The fourth-order valence-corrected chi connectivity index (χ4v) is 2.25. The summed E-state index contributed by atoms with van der Waals surface area (Å²) in [5, 5.41) is 0.671. The minimum absolute atomic E-state index is 0.300. The lowest BCUT2D eigenvalue weighted by atomic mass is 10.2. The second-order valence-corrected chi connectivity index (χ2v) is 5.01. The Morgan fingerprint density at radius 1 is 1.43 bits per heavy atom. The zero-order chi connectivity index (χ0) is 15.4. The van der Waals surface area contributed by atoms with Crippen LogP contribution in [-0.4, -0.2) is 25.1 Å². The number of nitrogens with zero attached hydrogens (tertiary/aromatic N) is 2. The summed E-state index contributed by atoms with van der Waals surface area (Å²) < 4.78 is 4.70. The number of hydrogen-bond acceptors (Lipinski definition) is 5. The molecule has 0 spiro atoms. The largest absolute Gasteiger partial charge is 0.465 e. The van der Waals surface area contributed by atoms with Gasteiger partial charge < -0.3 is 15.4 Å². The molecular formula is C15H16ClN3O2. The SMILES string of the molecule is COC(=O)c1ccnc(N(C)Cc2cccc(Cl)c2)c1N. The van der Waals surface area contributed by atoms with Crippen molar-refractivity contribution in [2.45, 2.75) is 6.54 Å². The third-order valence-corrected chi connectivity index (χ3v) is 3.28. The number of aromatic nitrogens is 1. The zero-order valence-electron chi connectivity index (χ0n) is 11.8. The molecule has 2 rings (SSSR count). The maximum atomic E-state index is 11.6. The molecule has 0 atom stereocenters. The van der Waals surface area contributed by atoms with Crippen molar-refractivity contribution in [2.75, 3.05) is 24.8 Å². The Hall–Kier alpha value is -2.27. The zero-order valence-corrected chi connectivity index (χ0v) is 12.6. The van der Waals surface area contributed by atoms with E-state index in [0.717, 1.165) is 5.56 Å². The summed E-state index contributed by atoms with van der Waals surface area (Å²) in [7, 11) is 3.16. The van der Waals surface area contributed by atoms with Gasteiger partial charge >= 0.3 is 5.97 Å². The van der Waals surface area contributed by atoms with Gasteiger partial charge in [-0.3, -0.25) is 0 Å². The number of nitrogen functional groups attached to an aromatic ring is 1. The van der Waals surface area contributed by atoms with Crippen molar-refractivity contribution < 1.29 is 9.53 Å². The van der Waals surface area contributed by atoms with Crippen LogP contribution in [0.1, 0.15) is 15.9 Å². The van der Waals surface area contributed by atoms with Gasteiger partial charge in [0.05, 0.1) is 18.4 Å². The summed E-state index contributed by atoms with van der Waals surface area (Å²) in [5.41, 5.74) is 7.64. The molecule has 0 aliphatic rings. The average Bonchev–Trinajstić information content (AvgIpc) is 2.46. The first kappa shape index (κ1) is 15.1. The summed E-state index contributed by atoms with van der Waals surface area (Å²) >= 11 is 5.97. The van der Waals surface area contributed by atoms with Crippen LogP contribution in [0.3, 0.4) is 0 Å². The third kappa shape index (κ3) is 3.44. The number of pyridine rings is 1. The molecule has 0 radical (unpaired) electrons. The number of esters is 1. The van der Waals surface area contributed by atoms with Gasteiger partial charge in [0.1, 0.15) is 0 Å². The van der Waals surface area contributed by atoms with Crippen LogP contribution in [0.4, 0.5) is 11.5 Å². The van der Waals surface area contributed by atoms with Crippen LogP contribution >= 0.6 is 11.6 Å². The van der Waals surface area contributed by atoms with E-state index in [4.69, 9.17) is 22.1 Å². The summed E-state index contributed by atoms with van der Waals surface area (Å²) in [6.07, 6.45) is 1.53. The van der Waals surface area contributed by atoms with Crippen LogP contribution in [0, 0.1) is 0 Å². The van der Waals surface area contributed by atoms with E-state index in [1.807, 2.05) is 36.2 Å². The third-order valence-electron chi connectivity index (χ3n) is 3.04. The van der Waals surface area contributed by atoms with Gasteiger partial charge in [-0.1, -0.05) is 23.7 Å². The van der Waals surface area contributed by atoms with Crippen molar-refractivity contribution in [1.82, 2.24) is 4.98 Å². The lowest BCUT2D eigenvalue weighted by Crippen LogP contribution is -2.20. The lowest BCUT2D eigenvalue weighted by molar-refractivity contribution is 0.0602. The van der Waals surface area contributed by atoms with E-state index in [1.54, 1.807) is 0 Å². The van der Waals surface area contributed by atoms with E-state index in [-0.39, 0.29) is 0 Å². The van der Waals surface area contributed by atoms with Crippen molar-refractivity contribution in [3.8, 4) is 0 Å². The monoisotopic (exact) mass is 305 g/mol. The molecule has 0 unspecified atom stereocenters. The van der Waals surface area contributed by atoms with Crippen molar-refractivity contribution in [3.05, 3.63) is 52.7 Å². The fourth-order valence-electron chi connectivity index (χ4n) is 2.04. The van der Waals surface area contributed by atoms with Gasteiger partial charge in [-0.15, -0.1) is 0 Å². The molecule has 0 saturated heterocycles. The van der Waals surface area contributed by atoms with Crippen LogP contribution in [0.5, 0.6) is 0 Å². The summed E-state index contributed by atoms with van der Waals surface area (Å²) in [5.74, 6) is 0.0465. The number of carbonyl (C=O) groups is 1. The molecule has 0 bridgehead atoms. The number of rotatable bonds is 4. The molecular weight excluding hydrogens is 290 g/mol. The Kier molecular flexibility index (Phi) is 4.65. The maximum Gasteiger partial charge on any atom is 0.340 e. The Morgan fingerprint density at radius 3 is 2.86 bits per heavy atom. The number of halogens is 1. The van der Waals surface area contributed by atoms with Gasteiger partial charge in [-0.25, -0.2) is 9.78 Å². The van der Waals surface area contributed by atoms with Crippen molar-refractivity contribution >= 4 is 29.1 Å². The number of nitrogens with two attached hydrogens (primary N) is 1. The highest BCUT2D eigenvalue weighted by molar-refractivity contribution is 6.30. The normalized spacial score (nSPS) is 10.2. The van der Waals surface area contributed by atoms with Gasteiger partial charge in [0.15, 0.2) is 5.82 Å². The van der Waals surface area contributed by atoms with E-state index >= 15 is 0 Å². The van der Waals surface area contributed by atoms with Crippen molar-refractivity contribution in [3.63, 3.8) is 0 Å². The molecule has 0 amide bonds. The van der Waals surface area contributed by atoms with Crippen molar-refractivity contribution in [1.29, 1.82) is 0 Å². The van der Waals surface area contributed by atoms with E-state index < -0.39 is 5.97 Å². The predicted molar refractivity (Wildman–Crippen MR) is 83.5 cm³/mol. The van der Waals surface area contributed by atoms with Crippen molar-refractivity contribution in [2.24, 2.45) is 0 Å². The van der Waals surface area contributed by atoms with E-state index in [2.05, 4.69) is 4.98 Å². The highest BCUT2D eigenvalue weighted by Gasteiger charge is 2.16. The first-order chi connectivity index (χ1) is 10.0. The van der Waals surface area contributed by atoms with Gasteiger partial charge in [-0.2, -0.15) is 0 Å². The summed E-state index contributed by atoms with van der Waals surface area (Å²) in [6.45, 7) is 0.572. The lowest BCUT2D eigenvalue weighted by Gasteiger charge is -2.21. The van der Waals surface area contributed by atoms with Crippen LogP contribution in [-0.2, 0) is 11.3 Å². The molecule has 2 N–H and O–H groups in total. The molecule has 2 aromatic rings. The molecule has 0 aliphatic carbocycles. The van der Waals surface area contributed by atoms with Crippen LogP contribution in [0.15, 0.2) is 36.5 Å². The maximum absolute atomic E-state index is 11.6. The molecule has 1 aromatic carbocycles. The van der Waals surface area contributed by atoms with E-state index in [1.165, 1.54) is 19.4 Å². The number of carbonyl (C=O) groups excluding carboxylic acids is 1. The van der Waals surface area contributed by atoms with Gasteiger partial charge in [0.2, 0.25) is 0 Å². The standard InChI is InChI=1S/C15H16ClN3O2/c1-19(9-10-4-3-5-11(16)8-10)14-13(17)12(6-7-18-14)15(20)21-2/h3-8H,9,17H2,1-2H3. The number of anilines is 2. The minimum Gasteiger partial charge on any atom is -0.465 e. The molecule has 110 valence electrons. The molecule has 6 heteroatoms. The van der Waals surface area contributed by atoms with Crippen LogP contribution < -0.4 is 10.6 Å². The smallest absolute Gasteiger partial charge is 0.340 e. The Bertz CT molecular complexity index is 661. The van der Waals surface area contributed by atoms with Gasteiger partial charge in [0.25, 0.3) is 0 Å². The highest BCUT2D eigenvalue weighted by Crippen LogP contribution is 2.25. The van der Waals surface area contributed by atoms with Crippen LogP contribution in [0.2, 0.25) is 5.02 Å². The number of hydrogen-bond donors (Lipinski definition) is 1. The first-order valence-electron chi connectivity index (χ1n) is 6.31. The predicted octanol–water partition coefficient (Wildman–Crippen LogP) is 2.74. The van der Waals surface area contributed by atoms with E-state index in [0.29, 0.717) is 28.6 Å². The Morgan fingerprint density at radius 2 is 2.19 bits per heavy atom. The molecule has 1 aromatic heterocycles. The fraction of sp³-hybridized carbons (Fsp3) is 0.200. The molecule has 0 saturated carbocycles. The quantitative estimate of drug-likeness (QED) is 0.880. The molecule has 5 nitrogen and oxygen atoms in total. The molecule has 1 heterocycles. The number of ether oxygens (including phenoxy) is 1. The average molecular weight is 306 g/mol. The first-order valence-corrected chi connectivity index (χ1v) is 6.69. The molecule has 0 aliphatic heterocycles. The Balaban J connectivity index is 2.27. The number of methoxy groups -OCH3 is 1.